The third-order valence-electron chi connectivity index (χ3n) is 3.59. The molecule has 0 heterocycles. The Morgan fingerprint density at radius 3 is 2.73 bits per heavy atom. The highest BCUT2D eigenvalue weighted by molar-refractivity contribution is 4.88. The van der Waals surface area contributed by atoms with E-state index in [-0.39, 0.29) is 0 Å². The summed E-state index contributed by atoms with van der Waals surface area (Å²) >= 11 is 0. The molecule has 0 aromatic carbocycles. The van der Waals surface area contributed by atoms with Crippen LogP contribution in [0, 0.1) is 17.8 Å². The van der Waals surface area contributed by atoms with Crippen molar-refractivity contribution in [2.75, 3.05) is 0 Å². The molecule has 2 N–H and O–H groups in total. The molecule has 0 aliphatic heterocycles. The number of rotatable bonds is 0. The quantitative estimate of drug-likeness (QED) is 0.567. The van der Waals surface area contributed by atoms with Crippen molar-refractivity contribution in [3.05, 3.63) is 0 Å². The second-order valence-corrected chi connectivity index (χ2v) is 4.68. The molecule has 0 saturated heterocycles. The van der Waals surface area contributed by atoms with Gasteiger partial charge in [-0.3, -0.25) is 0 Å². The van der Waals surface area contributed by atoms with Crippen molar-refractivity contribution in [1.29, 1.82) is 0 Å². The van der Waals surface area contributed by atoms with Gasteiger partial charge in [-0.25, -0.2) is 0 Å². The minimum Gasteiger partial charge on any atom is -0.327 e. The summed E-state index contributed by atoms with van der Waals surface area (Å²) in [5, 5.41) is 0. The Morgan fingerprint density at radius 1 is 1.09 bits per heavy atom. The first-order chi connectivity index (χ1) is 5.25. The first-order valence-electron chi connectivity index (χ1n) is 5.01. The summed E-state index contributed by atoms with van der Waals surface area (Å²) in [6.07, 6.45) is 7.01. The molecule has 1 nitrogen and oxygen atoms in total. The highest BCUT2D eigenvalue weighted by Crippen LogP contribution is 2.41. The summed E-state index contributed by atoms with van der Waals surface area (Å²) in [7, 11) is 0. The molecule has 2 aliphatic rings. The van der Waals surface area contributed by atoms with Gasteiger partial charge < -0.3 is 5.73 Å². The fourth-order valence-electron chi connectivity index (χ4n) is 3.05. The van der Waals surface area contributed by atoms with E-state index in [0.717, 1.165) is 17.8 Å². The zero-order valence-corrected chi connectivity index (χ0v) is 7.42. The van der Waals surface area contributed by atoms with E-state index in [1.54, 1.807) is 0 Å². The molecule has 0 aromatic heterocycles. The van der Waals surface area contributed by atoms with Crippen LogP contribution in [0.4, 0.5) is 0 Å². The monoisotopic (exact) mass is 153 g/mol. The van der Waals surface area contributed by atoms with Crippen LogP contribution in [0.15, 0.2) is 0 Å². The molecule has 11 heavy (non-hydrogen) atoms. The van der Waals surface area contributed by atoms with Crippen LogP contribution in [-0.2, 0) is 0 Å². The second kappa shape index (κ2) is 2.78. The standard InChI is InChI=1S/C10H19N/c1-7-4-8-2-3-10(11)9(5-7)6-8/h7-10H,2-6,11H2,1H3/t7?,8?,9?,10-/m0/s1. The van der Waals surface area contributed by atoms with E-state index >= 15 is 0 Å². The second-order valence-electron chi connectivity index (χ2n) is 4.68. The van der Waals surface area contributed by atoms with E-state index in [4.69, 9.17) is 5.73 Å². The van der Waals surface area contributed by atoms with E-state index in [0.29, 0.717) is 6.04 Å². The zero-order chi connectivity index (χ0) is 7.84. The molecule has 0 aromatic rings. The molecule has 2 bridgehead atoms. The van der Waals surface area contributed by atoms with Gasteiger partial charge >= 0.3 is 0 Å². The fraction of sp³-hybridized carbons (Fsp3) is 1.00. The Kier molecular flexibility index (Phi) is 1.92. The van der Waals surface area contributed by atoms with E-state index in [1.165, 1.54) is 32.1 Å². The van der Waals surface area contributed by atoms with Crippen LogP contribution < -0.4 is 5.73 Å². The van der Waals surface area contributed by atoms with Crippen molar-refractivity contribution in [3.8, 4) is 0 Å². The van der Waals surface area contributed by atoms with Crippen molar-refractivity contribution in [3.63, 3.8) is 0 Å². The lowest BCUT2D eigenvalue weighted by atomic mass is 9.67. The largest absolute Gasteiger partial charge is 0.327 e. The van der Waals surface area contributed by atoms with E-state index in [9.17, 15) is 0 Å². The van der Waals surface area contributed by atoms with Gasteiger partial charge in [0.05, 0.1) is 0 Å². The van der Waals surface area contributed by atoms with Crippen LogP contribution in [0.1, 0.15) is 39.0 Å². The van der Waals surface area contributed by atoms with Crippen LogP contribution in [0.2, 0.25) is 0 Å². The SMILES string of the molecule is CC1CC2CC[C@H](N)C(C1)C2. The summed E-state index contributed by atoms with van der Waals surface area (Å²) in [5.74, 6) is 2.85. The van der Waals surface area contributed by atoms with E-state index in [1.807, 2.05) is 0 Å². The van der Waals surface area contributed by atoms with Crippen LogP contribution in [0.25, 0.3) is 0 Å². The molecule has 0 spiro atoms. The minimum absolute atomic E-state index is 0.536. The maximum absolute atomic E-state index is 6.05. The molecule has 3 unspecified atom stereocenters. The van der Waals surface area contributed by atoms with Gasteiger partial charge in [-0.1, -0.05) is 6.92 Å². The third kappa shape index (κ3) is 1.44. The number of hydrogen-bond donors (Lipinski definition) is 1. The van der Waals surface area contributed by atoms with Crippen molar-refractivity contribution >= 4 is 0 Å². The van der Waals surface area contributed by atoms with Gasteiger partial charge in [-0.05, 0) is 49.9 Å². The van der Waals surface area contributed by atoms with Gasteiger partial charge in [-0.15, -0.1) is 0 Å². The van der Waals surface area contributed by atoms with Crippen molar-refractivity contribution in [1.82, 2.24) is 0 Å². The molecular formula is C10H19N. The molecule has 1 heteroatoms. The maximum atomic E-state index is 6.05. The number of nitrogens with two attached hydrogens (primary N) is 1. The maximum Gasteiger partial charge on any atom is 0.00674 e. The lowest BCUT2D eigenvalue weighted by Crippen LogP contribution is -2.40. The molecule has 0 amide bonds. The Morgan fingerprint density at radius 2 is 1.91 bits per heavy atom. The Balaban J connectivity index is 2.02. The summed E-state index contributed by atoms with van der Waals surface area (Å²) in [5.41, 5.74) is 6.05. The molecule has 2 aliphatic carbocycles. The molecule has 0 radical (unpaired) electrons. The number of hydrogen-bond acceptors (Lipinski definition) is 1. The van der Waals surface area contributed by atoms with Crippen LogP contribution in [0.3, 0.4) is 0 Å². The highest BCUT2D eigenvalue weighted by atomic mass is 14.7. The average molecular weight is 153 g/mol. The minimum atomic E-state index is 0.536. The predicted molar refractivity (Wildman–Crippen MR) is 47.2 cm³/mol. The molecule has 2 saturated carbocycles. The first kappa shape index (κ1) is 7.60. The summed E-state index contributed by atoms with van der Waals surface area (Å²) in [6.45, 7) is 2.39. The first-order valence-corrected chi connectivity index (χ1v) is 5.01. The molecule has 2 fully saturated rings. The van der Waals surface area contributed by atoms with Gasteiger partial charge in [0.1, 0.15) is 0 Å². The summed E-state index contributed by atoms with van der Waals surface area (Å²) < 4.78 is 0. The fourth-order valence-corrected chi connectivity index (χ4v) is 3.05. The van der Waals surface area contributed by atoms with Gasteiger partial charge in [0.15, 0.2) is 0 Å². The number of fused-ring (bicyclic) bond motifs is 2. The van der Waals surface area contributed by atoms with Crippen molar-refractivity contribution < 1.29 is 0 Å². The third-order valence-corrected chi connectivity index (χ3v) is 3.59. The van der Waals surface area contributed by atoms with Crippen molar-refractivity contribution in [2.45, 2.75) is 45.1 Å². The molecular weight excluding hydrogens is 134 g/mol. The van der Waals surface area contributed by atoms with Crippen LogP contribution in [-0.4, -0.2) is 6.04 Å². The van der Waals surface area contributed by atoms with Gasteiger partial charge in [0, 0.05) is 6.04 Å². The molecule has 64 valence electrons. The normalized spacial score (nSPS) is 50.7. The predicted octanol–water partition coefficient (Wildman–Crippen LogP) is 2.16. The molecule has 2 rings (SSSR count). The van der Waals surface area contributed by atoms with Crippen LogP contribution >= 0.6 is 0 Å². The summed E-state index contributed by atoms with van der Waals surface area (Å²) in [4.78, 5) is 0. The highest BCUT2D eigenvalue weighted by Gasteiger charge is 2.33. The van der Waals surface area contributed by atoms with E-state index in [2.05, 4.69) is 6.92 Å². The van der Waals surface area contributed by atoms with Gasteiger partial charge in [-0.2, -0.15) is 0 Å². The molecule has 4 atom stereocenters. The van der Waals surface area contributed by atoms with Crippen molar-refractivity contribution in [2.24, 2.45) is 23.5 Å². The van der Waals surface area contributed by atoms with Gasteiger partial charge in [0.2, 0.25) is 0 Å². The zero-order valence-electron chi connectivity index (χ0n) is 7.42. The van der Waals surface area contributed by atoms with Gasteiger partial charge in [0.25, 0.3) is 0 Å². The van der Waals surface area contributed by atoms with Crippen LogP contribution in [0.5, 0.6) is 0 Å². The summed E-state index contributed by atoms with van der Waals surface area (Å²) in [6, 6.07) is 0.536. The lowest BCUT2D eigenvalue weighted by molar-refractivity contribution is 0.126. The lowest BCUT2D eigenvalue weighted by Gasteiger charge is -2.41. The Hall–Kier alpha value is -0.0400. The topological polar surface area (TPSA) is 26.0 Å². The smallest absolute Gasteiger partial charge is 0.00674 e. The average Bonchev–Trinajstić information content (AvgIpc) is 1.97. The van der Waals surface area contributed by atoms with E-state index < -0.39 is 0 Å². The Bertz CT molecular complexity index is 142. The Labute approximate surface area is 69.4 Å².